The van der Waals surface area contributed by atoms with Crippen LogP contribution in [0, 0.1) is 0 Å². The van der Waals surface area contributed by atoms with Gasteiger partial charge in [0.1, 0.15) is 5.69 Å². The van der Waals surface area contributed by atoms with Gasteiger partial charge in [0.2, 0.25) is 0 Å². The lowest BCUT2D eigenvalue weighted by Gasteiger charge is -2.34. The van der Waals surface area contributed by atoms with Crippen LogP contribution in [-0.4, -0.2) is 53.6 Å². The number of thiazole rings is 1. The van der Waals surface area contributed by atoms with E-state index in [1.807, 2.05) is 23.6 Å². The van der Waals surface area contributed by atoms with Crippen LogP contribution < -0.4 is 5.32 Å². The molecule has 3 rings (SSSR count). The Morgan fingerprint density at radius 1 is 1.40 bits per heavy atom. The zero-order valence-corrected chi connectivity index (χ0v) is 15.3. The predicted octanol–water partition coefficient (Wildman–Crippen LogP) is 2.29. The van der Waals surface area contributed by atoms with Crippen LogP contribution in [0.5, 0.6) is 0 Å². The Hall–Kier alpha value is -1.83. The summed E-state index contributed by atoms with van der Waals surface area (Å²) in [5.41, 5.74) is 1.48. The van der Waals surface area contributed by atoms with Crippen LogP contribution in [0.3, 0.4) is 0 Å². The molecule has 0 bridgehead atoms. The summed E-state index contributed by atoms with van der Waals surface area (Å²) in [6, 6.07) is 5.94. The summed E-state index contributed by atoms with van der Waals surface area (Å²) < 4.78 is 5.45. The largest absolute Gasteiger partial charge is 0.379 e. The van der Waals surface area contributed by atoms with Crippen LogP contribution in [-0.2, 0) is 11.2 Å². The summed E-state index contributed by atoms with van der Waals surface area (Å²) >= 11 is 1.55. The van der Waals surface area contributed by atoms with E-state index < -0.39 is 0 Å². The first-order chi connectivity index (χ1) is 12.3. The SMILES string of the molecule is CCCc1nc(C(=O)NCC(c2ccccn2)N2CCOCC2)cs1. The molecule has 1 aliphatic rings. The van der Waals surface area contributed by atoms with E-state index in [1.54, 1.807) is 17.5 Å². The Morgan fingerprint density at radius 2 is 2.24 bits per heavy atom. The van der Waals surface area contributed by atoms with Crippen LogP contribution in [0.1, 0.15) is 40.6 Å². The fraction of sp³-hybridized carbons (Fsp3) is 0.500. The molecule has 1 fully saturated rings. The Bertz CT molecular complexity index is 671. The molecule has 1 saturated heterocycles. The number of carbonyl (C=O) groups excluding carboxylic acids is 1. The van der Waals surface area contributed by atoms with Crippen molar-refractivity contribution in [2.75, 3.05) is 32.8 Å². The van der Waals surface area contributed by atoms with Crippen molar-refractivity contribution in [3.8, 4) is 0 Å². The molecule has 7 heteroatoms. The first kappa shape index (κ1) is 18.0. The highest BCUT2D eigenvalue weighted by atomic mass is 32.1. The molecule has 1 atom stereocenters. The van der Waals surface area contributed by atoms with Gasteiger partial charge >= 0.3 is 0 Å². The van der Waals surface area contributed by atoms with Gasteiger partial charge < -0.3 is 10.1 Å². The number of carbonyl (C=O) groups is 1. The zero-order chi connectivity index (χ0) is 17.5. The lowest BCUT2D eigenvalue weighted by atomic mass is 10.1. The maximum atomic E-state index is 12.5. The zero-order valence-electron chi connectivity index (χ0n) is 14.5. The Balaban J connectivity index is 1.66. The Kier molecular flexibility index (Phi) is 6.49. The molecule has 0 saturated carbocycles. The van der Waals surface area contributed by atoms with Crippen molar-refractivity contribution in [3.05, 3.63) is 46.2 Å². The summed E-state index contributed by atoms with van der Waals surface area (Å²) in [6.07, 6.45) is 3.75. The van der Waals surface area contributed by atoms with Crippen molar-refractivity contribution in [2.24, 2.45) is 0 Å². The summed E-state index contributed by atoms with van der Waals surface area (Å²) in [7, 11) is 0. The van der Waals surface area contributed by atoms with Gasteiger partial charge in [-0.25, -0.2) is 4.98 Å². The van der Waals surface area contributed by atoms with E-state index in [-0.39, 0.29) is 11.9 Å². The van der Waals surface area contributed by atoms with E-state index in [2.05, 4.69) is 27.1 Å². The van der Waals surface area contributed by atoms with Crippen LogP contribution in [0.2, 0.25) is 0 Å². The molecule has 1 N–H and O–H groups in total. The van der Waals surface area contributed by atoms with Crippen molar-refractivity contribution in [2.45, 2.75) is 25.8 Å². The summed E-state index contributed by atoms with van der Waals surface area (Å²) in [4.78, 5) is 23.7. The Labute approximate surface area is 152 Å². The van der Waals surface area contributed by atoms with Gasteiger partial charge in [-0.15, -0.1) is 11.3 Å². The van der Waals surface area contributed by atoms with E-state index >= 15 is 0 Å². The van der Waals surface area contributed by atoms with Crippen molar-refractivity contribution in [1.29, 1.82) is 0 Å². The molecule has 0 aliphatic carbocycles. The van der Waals surface area contributed by atoms with E-state index in [0.717, 1.165) is 36.6 Å². The second-order valence-corrected chi connectivity index (χ2v) is 6.95. The number of morpholine rings is 1. The molecule has 134 valence electrons. The Morgan fingerprint density at radius 3 is 2.96 bits per heavy atom. The summed E-state index contributed by atoms with van der Waals surface area (Å²) in [6.45, 7) is 5.73. The molecule has 1 amide bonds. The van der Waals surface area contributed by atoms with Crippen LogP contribution in [0.15, 0.2) is 29.8 Å². The normalized spacial score (nSPS) is 16.5. The van der Waals surface area contributed by atoms with Gasteiger partial charge in [-0.2, -0.15) is 0 Å². The number of pyridine rings is 1. The smallest absolute Gasteiger partial charge is 0.270 e. The number of aryl methyl sites for hydroxylation is 1. The molecule has 2 aromatic rings. The highest BCUT2D eigenvalue weighted by Crippen LogP contribution is 2.19. The molecule has 1 aliphatic heterocycles. The topological polar surface area (TPSA) is 67.4 Å². The van der Waals surface area contributed by atoms with E-state index in [9.17, 15) is 4.79 Å². The number of aromatic nitrogens is 2. The van der Waals surface area contributed by atoms with E-state index in [4.69, 9.17) is 4.74 Å². The molecule has 0 radical (unpaired) electrons. The number of hydrogen-bond donors (Lipinski definition) is 1. The molecule has 3 heterocycles. The number of ether oxygens (including phenoxy) is 1. The van der Waals surface area contributed by atoms with Gasteiger partial charge in [-0.1, -0.05) is 13.0 Å². The lowest BCUT2D eigenvalue weighted by Crippen LogP contribution is -2.44. The van der Waals surface area contributed by atoms with Gasteiger partial charge in [-0.05, 0) is 25.0 Å². The average Bonchev–Trinajstić information content (AvgIpc) is 3.13. The van der Waals surface area contributed by atoms with Crippen LogP contribution in [0.4, 0.5) is 0 Å². The van der Waals surface area contributed by atoms with Crippen LogP contribution >= 0.6 is 11.3 Å². The maximum absolute atomic E-state index is 12.5. The number of nitrogens with one attached hydrogen (secondary N) is 1. The number of hydrogen-bond acceptors (Lipinski definition) is 6. The van der Waals surface area contributed by atoms with Gasteiger partial charge in [0, 0.05) is 31.2 Å². The molecule has 25 heavy (non-hydrogen) atoms. The molecule has 6 nitrogen and oxygen atoms in total. The van der Waals surface area contributed by atoms with Gasteiger partial charge in [0.15, 0.2) is 0 Å². The summed E-state index contributed by atoms with van der Waals surface area (Å²) in [5.74, 6) is -0.118. The van der Waals surface area contributed by atoms with Gasteiger partial charge in [-0.3, -0.25) is 14.7 Å². The minimum atomic E-state index is -0.118. The first-order valence-electron chi connectivity index (χ1n) is 8.73. The van der Waals surface area contributed by atoms with Crippen molar-refractivity contribution in [1.82, 2.24) is 20.2 Å². The molecule has 2 aromatic heterocycles. The van der Waals surface area contributed by atoms with Crippen molar-refractivity contribution >= 4 is 17.2 Å². The van der Waals surface area contributed by atoms with Gasteiger partial charge in [0.05, 0.1) is 30.0 Å². The molecule has 0 aromatic carbocycles. The first-order valence-corrected chi connectivity index (χ1v) is 9.61. The van der Waals surface area contributed by atoms with Crippen LogP contribution in [0.25, 0.3) is 0 Å². The molecular weight excluding hydrogens is 336 g/mol. The van der Waals surface area contributed by atoms with Gasteiger partial charge in [0.25, 0.3) is 5.91 Å². The highest BCUT2D eigenvalue weighted by Gasteiger charge is 2.24. The van der Waals surface area contributed by atoms with E-state index in [1.165, 1.54) is 0 Å². The standard InChI is InChI=1S/C18H24N4O2S/c1-2-5-17-21-15(13-25-17)18(23)20-12-16(14-6-3-4-7-19-14)22-8-10-24-11-9-22/h3-4,6-7,13,16H,2,5,8-12H2,1H3,(H,20,23). The highest BCUT2D eigenvalue weighted by molar-refractivity contribution is 7.09. The third-order valence-corrected chi connectivity index (χ3v) is 5.13. The van der Waals surface area contributed by atoms with Crippen molar-refractivity contribution in [3.63, 3.8) is 0 Å². The fourth-order valence-corrected chi connectivity index (χ4v) is 3.79. The number of nitrogens with zero attached hydrogens (tertiary/aromatic N) is 3. The maximum Gasteiger partial charge on any atom is 0.270 e. The quantitative estimate of drug-likeness (QED) is 0.821. The lowest BCUT2D eigenvalue weighted by molar-refractivity contribution is 0.0153. The monoisotopic (exact) mass is 360 g/mol. The molecule has 1 unspecified atom stereocenters. The third kappa shape index (κ3) is 4.84. The third-order valence-electron chi connectivity index (χ3n) is 4.22. The number of rotatable bonds is 7. The minimum Gasteiger partial charge on any atom is -0.379 e. The number of amides is 1. The molecule has 0 spiro atoms. The molecular formula is C18H24N4O2S. The van der Waals surface area contributed by atoms with Crippen molar-refractivity contribution < 1.29 is 9.53 Å². The second-order valence-electron chi connectivity index (χ2n) is 6.01. The predicted molar refractivity (Wildman–Crippen MR) is 97.8 cm³/mol. The van der Waals surface area contributed by atoms with E-state index in [0.29, 0.717) is 25.5 Å². The minimum absolute atomic E-state index is 0.0443. The summed E-state index contributed by atoms with van der Waals surface area (Å²) in [5, 5.41) is 5.89. The average molecular weight is 360 g/mol. The fourth-order valence-electron chi connectivity index (χ4n) is 2.91. The second kappa shape index (κ2) is 9.03.